The summed E-state index contributed by atoms with van der Waals surface area (Å²) in [6, 6.07) is 9.07. The molecule has 2 atom stereocenters. The molecule has 1 saturated heterocycles. The molecular weight excluding hydrogens is 500 g/mol. The molecule has 2 fully saturated rings. The first-order valence-electron chi connectivity index (χ1n) is 13.6. The predicted octanol–water partition coefficient (Wildman–Crippen LogP) is 4.01. The monoisotopic (exact) mass is 534 g/mol. The van der Waals surface area contributed by atoms with Gasteiger partial charge in [-0.3, -0.25) is 9.69 Å². The number of H-pyrrole nitrogens is 1. The van der Waals surface area contributed by atoms with Gasteiger partial charge in [0.25, 0.3) is 5.56 Å². The summed E-state index contributed by atoms with van der Waals surface area (Å²) >= 11 is 0. The van der Waals surface area contributed by atoms with Crippen LogP contribution in [0.2, 0.25) is 0 Å². The molecule has 11 nitrogen and oxygen atoms in total. The van der Waals surface area contributed by atoms with Crippen LogP contribution in [0.4, 0.5) is 0 Å². The van der Waals surface area contributed by atoms with Gasteiger partial charge >= 0.3 is 0 Å². The summed E-state index contributed by atoms with van der Waals surface area (Å²) in [5, 5.41) is 13.9. The number of hydrogen-bond donors (Lipinski definition) is 1. The number of pyridine rings is 1. The van der Waals surface area contributed by atoms with Crippen molar-refractivity contribution < 1.29 is 18.6 Å². The maximum atomic E-state index is 13.8. The molecule has 1 aromatic carbocycles. The van der Waals surface area contributed by atoms with Gasteiger partial charge in [0.15, 0.2) is 17.3 Å². The van der Waals surface area contributed by atoms with Crippen LogP contribution in [0.25, 0.3) is 10.9 Å². The average Bonchev–Trinajstić information content (AvgIpc) is 3.76. The number of ether oxygens (including phenoxy) is 3. The van der Waals surface area contributed by atoms with Crippen molar-refractivity contribution >= 4 is 10.9 Å². The average molecular weight is 535 g/mol. The molecule has 1 saturated carbocycles. The zero-order valence-electron chi connectivity index (χ0n) is 22.3. The number of aromatic nitrogens is 5. The van der Waals surface area contributed by atoms with Crippen molar-refractivity contribution in [3.05, 3.63) is 64.1 Å². The standard InChI is InChI=1S/C28H34N6O5/c1-36-24-14-18-13-22(28(35)29-23(18)15-25(24)37-2)26(27-30-31-32-34(27)19-7-3-4-8-19)33(16-20-9-5-11-38-20)17-21-10-6-12-39-21/h5,9,11,13-15,19,21,26H,3-4,6-8,10,12,16-17H2,1-2H3,(H,29,35)/t21-,26-/m1/s1. The predicted molar refractivity (Wildman–Crippen MR) is 143 cm³/mol. The van der Waals surface area contributed by atoms with Crippen LogP contribution in [-0.4, -0.2) is 63.6 Å². The van der Waals surface area contributed by atoms with Crippen molar-refractivity contribution in [2.45, 2.75) is 63.3 Å². The number of nitrogens with one attached hydrogen (secondary N) is 1. The van der Waals surface area contributed by atoms with Gasteiger partial charge in [0.05, 0.1) is 44.7 Å². The molecule has 0 radical (unpaired) electrons. The molecule has 0 unspecified atom stereocenters. The maximum Gasteiger partial charge on any atom is 0.253 e. The molecule has 11 heteroatoms. The van der Waals surface area contributed by atoms with Gasteiger partial charge in [0, 0.05) is 30.2 Å². The number of fused-ring (bicyclic) bond motifs is 1. The van der Waals surface area contributed by atoms with E-state index in [9.17, 15) is 4.79 Å². The van der Waals surface area contributed by atoms with Gasteiger partial charge in [-0.1, -0.05) is 12.8 Å². The Morgan fingerprint density at radius 2 is 1.95 bits per heavy atom. The number of hydrogen-bond acceptors (Lipinski definition) is 9. The first-order valence-corrected chi connectivity index (χ1v) is 13.6. The van der Waals surface area contributed by atoms with E-state index in [4.69, 9.17) is 18.6 Å². The van der Waals surface area contributed by atoms with Crippen LogP contribution in [-0.2, 0) is 11.3 Å². The molecule has 6 rings (SSSR count). The van der Waals surface area contributed by atoms with Crippen LogP contribution in [0.3, 0.4) is 0 Å². The Bertz CT molecular complexity index is 1450. The zero-order chi connectivity index (χ0) is 26.8. The second-order valence-electron chi connectivity index (χ2n) is 10.3. The minimum atomic E-state index is -0.531. The molecule has 206 valence electrons. The smallest absolute Gasteiger partial charge is 0.253 e. The minimum Gasteiger partial charge on any atom is -0.493 e. The van der Waals surface area contributed by atoms with E-state index >= 15 is 0 Å². The third-order valence-electron chi connectivity index (χ3n) is 7.87. The third-order valence-corrected chi connectivity index (χ3v) is 7.87. The second-order valence-corrected chi connectivity index (χ2v) is 10.3. The van der Waals surface area contributed by atoms with Crippen molar-refractivity contribution in [2.75, 3.05) is 27.4 Å². The Morgan fingerprint density at radius 1 is 1.13 bits per heavy atom. The van der Waals surface area contributed by atoms with Crippen molar-refractivity contribution in [1.29, 1.82) is 0 Å². The summed E-state index contributed by atoms with van der Waals surface area (Å²) in [4.78, 5) is 19.1. The van der Waals surface area contributed by atoms with E-state index in [1.807, 2.05) is 28.9 Å². The molecule has 1 aliphatic heterocycles. The summed E-state index contributed by atoms with van der Waals surface area (Å²) in [5.41, 5.74) is 0.998. The highest BCUT2D eigenvalue weighted by atomic mass is 16.5. The molecule has 4 aromatic rings. The van der Waals surface area contributed by atoms with Crippen molar-refractivity contribution in [2.24, 2.45) is 0 Å². The van der Waals surface area contributed by atoms with Crippen LogP contribution in [0.5, 0.6) is 11.5 Å². The Kier molecular flexibility index (Phi) is 7.34. The molecule has 0 bridgehead atoms. The zero-order valence-corrected chi connectivity index (χ0v) is 22.3. The minimum absolute atomic E-state index is 0.0437. The van der Waals surface area contributed by atoms with Crippen LogP contribution in [0, 0.1) is 0 Å². The third kappa shape index (κ3) is 5.16. The van der Waals surface area contributed by atoms with E-state index in [0.29, 0.717) is 41.5 Å². The Labute approximate surface area is 226 Å². The molecule has 39 heavy (non-hydrogen) atoms. The fourth-order valence-corrected chi connectivity index (χ4v) is 5.96. The number of benzene rings is 1. The Hall–Kier alpha value is -3.70. The topological polar surface area (TPSA) is 121 Å². The van der Waals surface area contributed by atoms with Gasteiger partial charge in [0.1, 0.15) is 11.8 Å². The van der Waals surface area contributed by atoms with Gasteiger partial charge in [0.2, 0.25) is 0 Å². The highest BCUT2D eigenvalue weighted by Crippen LogP contribution is 2.36. The number of aromatic amines is 1. The van der Waals surface area contributed by atoms with Crippen LogP contribution < -0.4 is 15.0 Å². The summed E-state index contributed by atoms with van der Waals surface area (Å²) in [6.45, 7) is 1.81. The Balaban J connectivity index is 1.51. The van der Waals surface area contributed by atoms with Crippen molar-refractivity contribution in [3.8, 4) is 11.5 Å². The van der Waals surface area contributed by atoms with Gasteiger partial charge in [-0.25, -0.2) is 4.68 Å². The van der Waals surface area contributed by atoms with E-state index in [0.717, 1.165) is 56.3 Å². The molecule has 0 spiro atoms. The normalized spacial score (nSPS) is 18.8. The lowest BCUT2D eigenvalue weighted by molar-refractivity contribution is 0.0541. The first-order chi connectivity index (χ1) is 19.1. The fraction of sp³-hybridized carbons (Fsp3) is 0.500. The van der Waals surface area contributed by atoms with Crippen LogP contribution >= 0.6 is 0 Å². The molecule has 3 aromatic heterocycles. The van der Waals surface area contributed by atoms with Gasteiger partial charge < -0.3 is 23.6 Å². The van der Waals surface area contributed by atoms with Crippen molar-refractivity contribution in [3.63, 3.8) is 0 Å². The lowest BCUT2D eigenvalue weighted by Gasteiger charge is -2.32. The number of rotatable bonds is 10. The van der Waals surface area contributed by atoms with Gasteiger partial charge in [-0.15, -0.1) is 5.10 Å². The lowest BCUT2D eigenvalue weighted by Crippen LogP contribution is -2.39. The number of tetrazole rings is 1. The molecule has 2 aliphatic rings. The highest BCUT2D eigenvalue weighted by Gasteiger charge is 2.35. The molecule has 0 amide bonds. The van der Waals surface area contributed by atoms with E-state index < -0.39 is 6.04 Å². The highest BCUT2D eigenvalue weighted by molar-refractivity contribution is 5.83. The van der Waals surface area contributed by atoms with Crippen LogP contribution in [0.1, 0.15) is 67.8 Å². The van der Waals surface area contributed by atoms with E-state index in [1.165, 1.54) is 0 Å². The quantitative estimate of drug-likeness (QED) is 0.322. The molecule has 1 aliphatic carbocycles. The second kappa shape index (κ2) is 11.2. The molecular formula is C28H34N6O5. The first kappa shape index (κ1) is 25.6. The number of furan rings is 1. The fourth-order valence-electron chi connectivity index (χ4n) is 5.96. The summed E-state index contributed by atoms with van der Waals surface area (Å²) in [6.07, 6.45) is 7.99. The van der Waals surface area contributed by atoms with E-state index in [2.05, 4.69) is 25.4 Å². The summed E-state index contributed by atoms with van der Waals surface area (Å²) in [7, 11) is 3.17. The number of methoxy groups -OCH3 is 2. The van der Waals surface area contributed by atoms with E-state index in [1.54, 1.807) is 26.5 Å². The Morgan fingerprint density at radius 3 is 2.67 bits per heavy atom. The summed E-state index contributed by atoms with van der Waals surface area (Å²) in [5.74, 6) is 2.58. The lowest BCUT2D eigenvalue weighted by atomic mass is 10.0. The van der Waals surface area contributed by atoms with Gasteiger partial charge in [-0.05, 0) is 60.4 Å². The SMILES string of the molecule is COc1cc2cc([C@H](c3nnnn3C3CCCC3)N(Cc3ccco3)C[C@H]3CCCO3)c(=O)[nH]c2cc1OC. The van der Waals surface area contributed by atoms with E-state index in [-0.39, 0.29) is 17.7 Å². The summed E-state index contributed by atoms with van der Waals surface area (Å²) < 4.78 is 24.7. The molecule has 4 heterocycles. The largest absolute Gasteiger partial charge is 0.493 e. The van der Waals surface area contributed by atoms with Crippen molar-refractivity contribution in [1.82, 2.24) is 30.1 Å². The maximum absolute atomic E-state index is 13.8. The van der Waals surface area contributed by atoms with Crippen LogP contribution in [0.15, 0.2) is 45.8 Å². The molecule has 1 N–H and O–H groups in total. The number of nitrogens with zero attached hydrogens (tertiary/aromatic N) is 5. The van der Waals surface area contributed by atoms with Gasteiger partial charge in [-0.2, -0.15) is 0 Å².